The molecule has 0 aromatic heterocycles. The predicted molar refractivity (Wildman–Crippen MR) is 86.2 cm³/mol. The number of hydrogen-bond acceptors (Lipinski definition) is 4. The molecule has 0 aliphatic rings. The second-order valence-corrected chi connectivity index (χ2v) is 5.17. The molecule has 4 nitrogen and oxygen atoms in total. The molecule has 0 saturated heterocycles. The number of rotatable bonds is 9. The van der Waals surface area contributed by atoms with Gasteiger partial charge in [0, 0.05) is 0 Å². The summed E-state index contributed by atoms with van der Waals surface area (Å²) in [6.45, 7) is 6.75. The van der Waals surface area contributed by atoms with Crippen LogP contribution >= 0.6 is 0 Å². The number of hydrogen-bond donors (Lipinski definition) is 0. The van der Waals surface area contributed by atoms with Gasteiger partial charge >= 0.3 is 11.9 Å². The minimum atomic E-state index is -0.453. The van der Waals surface area contributed by atoms with E-state index in [0.717, 1.165) is 31.2 Å². The number of carbonyl (C=O) groups is 2. The first-order chi connectivity index (χ1) is 10.7. The van der Waals surface area contributed by atoms with Gasteiger partial charge in [0.25, 0.3) is 0 Å². The second kappa shape index (κ2) is 9.98. The molecule has 22 heavy (non-hydrogen) atoms. The first-order valence-corrected chi connectivity index (χ1v) is 8.11. The highest BCUT2D eigenvalue weighted by molar-refractivity contribution is 6.04. The minimum Gasteiger partial charge on any atom is -0.462 e. The molecule has 0 unspecified atom stereocenters. The highest BCUT2D eigenvalue weighted by Gasteiger charge is 2.22. The van der Waals surface area contributed by atoms with Crippen LogP contribution in [0, 0.1) is 0 Å². The van der Waals surface area contributed by atoms with E-state index < -0.39 is 11.9 Å². The molecule has 0 bridgehead atoms. The molecular formula is C18H26O4. The van der Waals surface area contributed by atoms with Crippen LogP contribution in [0.4, 0.5) is 0 Å². The van der Waals surface area contributed by atoms with E-state index in [4.69, 9.17) is 9.47 Å². The maximum atomic E-state index is 12.3. The summed E-state index contributed by atoms with van der Waals surface area (Å²) in [4.78, 5) is 24.5. The molecule has 1 rings (SSSR count). The molecule has 0 saturated carbocycles. The monoisotopic (exact) mass is 306 g/mol. The van der Waals surface area contributed by atoms with Crippen molar-refractivity contribution in [3.8, 4) is 0 Å². The maximum Gasteiger partial charge on any atom is 0.339 e. The van der Waals surface area contributed by atoms with Crippen LogP contribution in [0.3, 0.4) is 0 Å². The lowest BCUT2D eigenvalue weighted by Gasteiger charge is -2.13. The highest BCUT2D eigenvalue weighted by atomic mass is 16.5. The Kier molecular flexibility index (Phi) is 8.26. The van der Waals surface area contributed by atoms with Gasteiger partial charge in [-0.15, -0.1) is 0 Å². The fraction of sp³-hybridized carbons (Fsp3) is 0.556. The number of carbonyl (C=O) groups excluding carboxylic acids is 2. The van der Waals surface area contributed by atoms with Crippen molar-refractivity contribution in [3.05, 3.63) is 34.9 Å². The Morgan fingerprint density at radius 2 is 1.50 bits per heavy atom. The first kappa shape index (κ1) is 18.2. The summed E-state index contributed by atoms with van der Waals surface area (Å²) in [5.74, 6) is -0.889. The third-order valence-electron chi connectivity index (χ3n) is 3.42. The number of benzene rings is 1. The van der Waals surface area contributed by atoms with Crippen LogP contribution in [0.1, 0.15) is 72.7 Å². The third-order valence-corrected chi connectivity index (χ3v) is 3.42. The van der Waals surface area contributed by atoms with Gasteiger partial charge in [-0.2, -0.15) is 0 Å². The third kappa shape index (κ3) is 5.17. The van der Waals surface area contributed by atoms with Crippen molar-refractivity contribution in [3.63, 3.8) is 0 Å². The molecule has 1 aromatic rings. The summed E-state index contributed by atoms with van der Waals surface area (Å²) in [5, 5.41) is 0. The maximum absolute atomic E-state index is 12.3. The van der Waals surface area contributed by atoms with Crippen molar-refractivity contribution in [2.45, 2.75) is 52.9 Å². The number of esters is 2. The molecule has 0 N–H and O–H groups in total. The average Bonchev–Trinajstić information content (AvgIpc) is 2.54. The fourth-order valence-electron chi connectivity index (χ4n) is 2.07. The van der Waals surface area contributed by atoms with Crippen molar-refractivity contribution in [1.82, 2.24) is 0 Å². The van der Waals surface area contributed by atoms with Gasteiger partial charge < -0.3 is 9.47 Å². The van der Waals surface area contributed by atoms with Crippen LogP contribution < -0.4 is 0 Å². The van der Waals surface area contributed by atoms with Crippen LogP contribution in [0.25, 0.3) is 0 Å². The molecule has 0 aliphatic heterocycles. The van der Waals surface area contributed by atoms with Crippen LogP contribution in [0.15, 0.2) is 18.2 Å². The van der Waals surface area contributed by atoms with E-state index in [1.165, 1.54) is 0 Å². The summed E-state index contributed by atoms with van der Waals surface area (Å²) in [6, 6.07) is 5.25. The zero-order valence-corrected chi connectivity index (χ0v) is 13.8. The lowest BCUT2D eigenvalue weighted by Crippen LogP contribution is -2.17. The summed E-state index contributed by atoms with van der Waals surface area (Å²) in [6.07, 6.45) is 4.20. The van der Waals surface area contributed by atoms with Crippen molar-refractivity contribution < 1.29 is 19.1 Å². The summed E-state index contributed by atoms with van der Waals surface area (Å²) < 4.78 is 10.5. The quantitative estimate of drug-likeness (QED) is 0.508. The Balaban J connectivity index is 2.96. The van der Waals surface area contributed by atoms with Gasteiger partial charge in [-0.05, 0) is 30.9 Å². The van der Waals surface area contributed by atoms with Gasteiger partial charge in [-0.1, -0.05) is 45.7 Å². The molecule has 0 spiro atoms. The number of unbranched alkanes of at least 4 members (excludes halogenated alkanes) is 2. The largest absolute Gasteiger partial charge is 0.462 e. The van der Waals surface area contributed by atoms with Gasteiger partial charge in [0.15, 0.2) is 0 Å². The molecule has 0 amide bonds. The normalized spacial score (nSPS) is 10.3. The number of ether oxygens (including phenoxy) is 2. The zero-order valence-electron chi connectivity index (χ0n) is 13.8. The molecule has 0 fully saturated rings. The Morgan fingerprint density at radius 3 is 2.05 bits per heavy atom. The van der Waals surface area contributed by atoms with Crippen LogP contribution in [0.5, 0.6) is 0 Å². The first-order valence-electron chi connectivity index (χ1n) is 8.11. The van der Waals surface area contributed by atoms with E-state index in [-0.39, 0.29) is 0 Å². The molecule has 0 radical (unpaired) electrons. The van der Waals surface area contributed by atoms with Gasteiger partial charge in [0.1, 0.15) is 0 Å². The number of aryl methyl sites for hydroxylation is 1. The average molecular weight is 306 g/mol. The molecule has 0 heterocycles. The van der Waals surface area contributed by atoms with Crippen molar-refractivity contribution in [2.24, 2.45) is 0 Å². The highest BCUT2D eigenvalue weighted by Crippen LogP contribution is 2.19. The zero-order chi connectivity index (χ0) is 16.4. The van der Waals surface area contributed by atoms with E-state index in [9.17, 15) is 9.59 Å². The molecule has 4 heteroatoms. The fourth-order valence-corrected chi connectivity index (χ4v) is 2.07. The Bertz CT molecular complexity index is 494. The summed E-state index contributed by atoms with van der Waals surface area (Å²) in [7, 11) is 0. The standard InChI is InChI=1S/C18H26O4/c1-4-7-12-21-17(19)15-11-9-10-14(6-3)16(15)18(20)22-13-8-5-2/h9-11H,4-8,12-13H2,1-3H3. The molecule has 1 aromatic carbocycles. The SMILES string of the molecule is CCCCOC(=O)c1cccc(CC)c1C(=O)OCCCC. The molecule has 0 aliphatic carbocycles. The van der Waals surface area contributed by atoms with Crippen LogP contribution in [0.2, 0.25) is 0 Å². The van der Waals surface area contributed by atoms with E-state index in [1.54, 1.807) is 12.1 Å². The van der Waals surface area contributed by atoms with Crippen molar-refractivity contribution >= 4 is 11.9 Å². The lowest BCUT2D eigenvalue weighted by atomic mass is 9.99. The Morgan fingerprint density at radius 1 is 0.909 bits per heavy atom. The topological polar surface area (TPSA) is 52.6 Å². The van der Waals surface area contributed by atoms with E-state index >= 15 is 0 Å². The van der Waals surface area contributed by atoms with Crippen LogP contribution in [-0.4, -0.2) is 25.2 Å². The lowest BCUT2D eigenvalue weighted by molar-refractivity contribution is 0.0451. The van der Waals surface area contributed by atoms with Gasteiger partial charge in [0.2, 0.25) is 0 Å². The van der Waals surface area contributed by atoms with E-state index in [0.29, 0.717) is 30.8 Å². The second-order valence-electron chi connectivity index (χ2n) is 5.17. The summed E-state index contributed by atoms with van der Waals surface area (Å²) in [5.41, 5.74) is 1.46. The van der Waals surface area contributed by atoms with Crippen LogP contribution in [-0.2, 0) is 15.9 Å². The Hall–Kier alpha value is -1.84. The van der Waals surface area contributed by atoms with Gasteiger partial charge in [-0.3, -0.25) is 0 Å². The molecule has 122 valence electrons. The van der Waals surface area contributed by atoms with E-state index in [2.05, 4.69) is 0 Å². The summed E-state index contributed by atoms with van der Waals surface area (Å²) >= 11 is 0. The Labute approximate surface area is 132 Å². The van der Waals surface area contributed by atoms with Gasteiger partial charge in [0.05, 0.1) is 24.3 Å². The molecular weight excluding hydrogens is 280 g/mol. The van der Waals surface area contributed by atoms with Crippen molar-refractivity contribution in [2.75, 3.05) is 13.2 Å². The van der Waals surface area contributed by atoms with Crippen molar-refractivity contribution in [1.29, 1.82) is 0 Å². The minimum absolute atomic E-state index is 0.303. The van der Waals surface area contributed by atoms with E-state index in [1.807, 2.05) is 26.8 Å². The predicted octanol–water partition coefficient (Wildman–Crippen LogP) is 4.16. The molecule has 0 atom stereocenters. The smallest absolute Gasteiger partial charge is 0.339 e. The van der Waals surface area contributed by atoms with Gasteiger partial charge in [-0.25, -0.2) is 9.59 Å².